The molecule has 12 nitrogen and oxygen atoms in total. The van der Waals surface area contributed by atoms with Crippen molar-refractivity contribution in [2.24, 2.45) is 10.7 Å². The molecule has 55 heavy (non-hydrogen) atoms. The van der Waals surface area contributed by atoms with Crippen LogP contribution in [0.3, 0.4) is 0 Å². The number of amides is 1. The number of allylic oxidation sites excluding steroid dienone is 1. The highest BCUT2D eigenvalue weighted by Gasteiger charge is 2.27. The number of piperidine rings is 1. The number of nitrogens with zero attached hydrogens (tertiary/aromatic N) is 6. The molecule has 0 unspecified atom stereocenters. The Balaban J connectivity index is 1.27. The summed E-state index contributed by atoms with van der Waals surface area (Å²) < 4.78 is 69.1. The van der Waals surface area contributed by atoms with Gasteiger partial charge in [-0.15, -0.1) is 0 Å². The van der Waals surface area contributed by atoms with Gasteiger partial charge >= 0.3 is 6.09 Å². The topological polar surface area (TPSA) is 155 Å². The predicted molar refractivity (Wildman–Crippen MR) is 205 cm³/mol. The van der Waals surface area contributed by atoms with Gasteiger partial charge in [0.2, 0.25) is 11.8 Å². The molecule has 6 rings (SSSR count). The number of hydrogen-bond acceptors (Lipinski definition) is 10. The number of aryl methyl sites for hydroxylation is 2. The molecule has 0 bridgehead atoms. The molecule has 1 aromatic carbocycles. The summed E-state index contributed by atoms with van der Waals surface area (Å²) in [6, 6.07) is 14.3. The van der Waals surface area contributed by atoms with Crippen LogP contribution in [0.2, 0.25) is 0 Å². The monoisotopic (exact) mass is 771 g/mol. The standard InChI is InChI=1S/C40H43F2N7O5S/c1-40(2,3)54-39(50)48-16-14-32(15-17-48)44-23-30(21-43)28-20-35-29(25-49(37(35)45-22-28)55(51,52)34-8-6-5-7-9-34)18-26-10-12-33(47-36(26)42)13-11-27-19-31(41)24-46-38(27)53-4/h5-10,12,19-25,32H,11,13-18,43H2,1-4H3. The van der Waals surface area contributed by atoms with Crippen molar-refractivity contribution in [3.05, 3.63) is 119 Å². The molecule has 1 amide bonds. The second-order valence-electron chi connectivity index (χ2n) is 14.2. The maximum Gasteiger partial charge on any atom is 0.410 e. The van der Waals surface area contributed by atoms with Gasteiger partial charge in [0.15, 0.2) is 5.65 Å². The van der Waals surface area contributed by atoms with Crippen LogP contribution in [-0.2, 0) is 34.0 Å². The van der Waals surface area contributed by atoms with Gasteiger partial charge in [0.05, 0.1) is 24.2 Å². The van der Waals surface area contributed by atoms with E-state index in [1.54, 1.807) is 47.5 Å². The van der Waals surface area contributed by atoms with Crippen LogP contribution < -0.4 is 10.5 Å². The molecule has 5 aromatic rings. The summed E-state index contributed by atoms with van der Waals surface area (Å²) in [7, 11) is -2.64. The van der Waals surface area contributed by atoms with E-state index >= 15 is 4.39 Å². The summed E-state index contributed by atoms with van der Waals surface area (Å²) in [5, 5.41) is 0.476. The summed E-state index contributed by atoms with van der Waals surface area (Å²) in [5.41, 5.74) is 8.50. The Morgan fingerprint density at radius 3 is 2.42 bits per heavy atom. The number of carbonyl (C=O) groups excluding carboxylic acids is 1. The number of carbonyl (C=O) groups is 1. The highest BCUT2D eigenvalue weighted by Crippen LogP contribution is 2.30. The molecule has 1 aliphatic rings. The third-order valence-electron chi connectivity index (χ3n) is 9.15. The molecular weight excluding hydrogens is 729 g/mol. The Hall–Kier alpha value is -5.70. The van der Waals surface area contributed by atoms with Gasteiger partial charge in [0.25, 0.3) is 10.0 Å². The predicted octanol–water partition coefficient (Wildman–Crippen LogP) is 6.50. The van der Waals surface area contributed by atoms with E-state index in [1.165, 1.54) is 43.9 Å². The van der Waals surface area contributed by atoms with Crippen LogP contribution in [0.15, 0.2) is 89.3 Å². The molecule has 4 aromatic heterocycles. The number of methoxy groups -OCH3 is 1. The van der Waals surface area contributed by atoms with Gasteiger partial charge in [0, 0.05) is 77.7 Å². The number of pyridine rings is 3. The van der Waals surface area contributed by atoms with Crippen molar-refractivity contribution in [2.45, 2.75) is 69.4 Å². The van der Waals surface area contributed by atoms with Crippen molar-refractivity contribution in [2.75, 3.05) is 20.2 Å². The van der Waals surface area contributed by atoms with E-state index in [2.05, 4.69) is 15.0 Å². The number of rotatable bonds is 11. The lowest BCUT2D eigenvalue weighted by Gasteiger charge is -2.32. The normalized spacial score (nSPS) is 14.5. The molecule has 5 heterocycles. The average molecular weight is 772 g/mol. The van der Waals surface area contributed by atoms with Gasteiger partial charge in [-0.05, 0) is 82.3 Å². The molecule has 1 fully saturated rings. The molecular formula is C40H43F2N7O5S. The zero-order valence-corrected chi connectivity index (χ0v) is 31.9. The Morgan fingerprint density at radius 1 is 1.00 bits per heavy atom. The number of aromatic nitrogens is 4. The number of ether oxygens (including phenoxy) is 2. The lowest BCUT2D eigenvalue weighted by molar-refractivity contribution is 0.0207. The lowest BCUT2D eigenvalue weighted by Crippen LogP contribution is -2.42. The lowest BCUT2D eigenvalue weighted by atomic mass is 10.0. The first-order valence-corrected chi connectivity index (χ1v) is 19.3. The minimum absolute atomic E-state index is 0.00563. The van der Waals surface area contributed by atoms with Crippen molar-refractivity contribution >= 4 is 38.9 Å². The molecule has 15 heteroatoms. The maximum absolute atomic E-state index is 15.6. The van der Waals surface area contributed by atoms with E-state index in [9.17, 15) is 17.6 Å². The first-order valence-electron chi connectivity index (χ1n) is 17.8. The van der Waals surface area contributed by atoms with Gasteiger partial charge in [-0.25, -0.2) is 36.5 Å². The number of aliphatic imine (C=N–C) groups is 1. The SMILES string of the molecule is COc1ncc(F)cc1CCc1ccc(Cc2cn(S(=O)(=O)c3ccccc3)c3ncc(C(C=NC4CCN(C(=O)OC(C)(C)C)CC4)=CN)cc23)c(F)n1. The van der Waals surface area contributed by atoms with Crippen LogP contribution in [0.4, 0.5) is 13.6 Å². The van der Waals surface area contributed by atoms with E-state index in [0.29, 0.717) is 72.1 Å². The van der Waals surface area contributed by atoms with Gasteiger partial charge < -0.3 is 20.1 Å². The fourth-order valence-corrected chi connectivity index (χ4v) is 7.69. The molecule has 1 aliphatic heterocycles. The summed E-state index contributed by atoms with van der Waals surface area (Å²) in [4.78, 5) is 31.7. The van der Waals surface area contributed by atoms with Crippen LogP contribution in [0.25, 0.3) is 16.6 Å². The van der Waals surface area contributed by atoms with E-state index in [4.69, 9.17) is 20.2 Å². The smallest absolute Gasteiger partial charge is 0.410 e. The second-order valence-corrected chi connectivity index (χ2v) is 16.0. The largest absolute Gasteiger partial charge is 0.481 e. The molecule has 0 atom stereocenters. The number of likely N-dealkylation sites (tertiary alicyclic amines) is 1. The second kappa shape index (κ2) is 16.3. The fraction of sp³-hybridized carbons (Fsp3) is 0.325. The fourth-order valence-electron chi connectivity index (χ4n) is 6.32. The number of nitrogens with two attached hydrogens (primary N) is 1. The van der Waals surface area contributed by atoms with Crippen molar-refractivity contribution < 1.29 is 31.5 Å². The van der Waals surface area contributed by atoms with Crippen molar-refractivity contribution in [3.63, 3.8) is 0 Å². The zero-order valence-electron chi connectivity index (χ0n) is 31.1. The van der Waals surface area contributed by atoms with E-state index in [-0.39, 0.29) is 40.5 Å². The van der Waals surface area contributed by atoms with Crippen molar-refractivity contribution in [3.8, 4) is 5.88 Å². The van der Waals surface area contributed by atoms with E-state index < -0.39 is 27.4 Å². The van der Waals surface area contributed by atoms with Crippen LogP contribution in [0, 0.1) is 11.8 Å². The van der Waals surface area contributed by atoms with Crippen LogP contribution >= 0.6 is 0 Å². The van der Waals surface area contributed by atoms with Crippen LogP contribution in [0.5, 0.6) is 5.88 Å². The molecule has 1 saturated heterocycles. The Labute approximate surface area is 318 Å². The zero-order chi connectivity index (χ0) is 39.3. The Bertz CT molecular complexity index is 2350. The van der Waals surface area contributed by atoms with E-state index in [1.807, 2.05) is 20.8 Å². The average Bonchev–Trinajstić information content (AvgIpc) is 3.53. The summed E-state index contributed by atoms with van der Waals surface area (Å²) >= 11 is 0. The first-order chi connectivity index (χ1) is 26.2. The number of benzene rings is 1. The molecule has 0 aliphatic carbocycles. The van der Waals surface area contributed by atoms with Crippen LogP contribution in [-0.4, -0.2) is 76.4 Å². The quantitative estimate of drug-likeness (QED) is 0.117. The van der Waals surface area contributed by atoms with E-state index in [0.717, 1.165) is 10.2 Å². The summed E-state index contributed by atoms with van der Waals surface area (Å²) in [6.45, 7) is 6.50. The molecule has 0 saturated carbocycles. The number of hydrogen-bond donors (Lipinski definition) is 1. The number of halogens is 2. The minimum Gasteiger partial charge on any atom is -0.481 e. The van der Waals surface area contributed by atoms with Crippen molar-refractivity contribution in [1.29, 1.82) is 0 Å². The van der Waals surface area contributed by atoms with Gasteiger partial charge in [0.1, 0.15) is 11.4 Å². The van der Waals surface area contributed by atoms with Gasteiger partial charge in [-0.1, -0.05) is 24.3 Å². The highest BCUT2D eigenvalue weighted by molar-refractivity contribution is 7.90. The maximum atomic E-state index is 15.6. The minimum atomic E-state index is -4.08. The number of fused-ring (bicyclic) bond motifs is 1. The highest BCUT2D eigenvalue weighted by atomic mass is 32.2. The molecule has 2 N–H and O–H groups in total. The summed E-state index contributed by atoms with van der Waals surface area (Å²) in [6.07, 6.45) is 8.68. The third-order valence-corrected chi connectivity index (χ3v) is 10.8. The molecule has 0 radical (unpaired) electrons. The van der Waals surface area contributed by atoms with Gasteiger partial charge in [-0.3, -0.25) is 4.99 Å². The Morgan fingerprint density at radius 2 is 1.75 bits per heavy atom. The van der Waals surface area contributed by atoms with Crippen LogP contribution in [0.1, 0.15) is 61.6 Å². The Kier molecular flexibility index (Phi) is 11.6. The molecule has 0 spiro atoms. The summed E-state index contributed by atoms with van der Waals surface area (Å²) in [5.74, 6) is -0.937. The van der Waals surface area contributed by atoms with Crippen molar-refractivity contribution in [1.82, 2.24) is 23.8 Å². The molecule has 288 valence electrons. The third kappa shape index (κ3) is 9.16. The first kappa shape index (κ1) is 39.0. The van der Waals surface area contributed by atoms with Gasteiger partial charge in [-0.2, -0.15) is 4.39 Å².